The van der Waals surface area contributed by atoms with Gasteiger partial charge in [0.2, 0.25) is 0 Å². The summed E-state index contributed by atoms with van der Waals surface area (Å²) in [7, 11) is 0. The van der Waals surface area contributed by atoms with Gasteiger partial charge in [-0.05, 0) is 42.1 Å². The second-order valence-corrected chi connectivity index (χ2v) is 6.18. The van der Waals surface area contributed by atoms with Crippen LogP contribution in [-0.2, 0) is 19.5 Å². The van der Waals surface area contributed by atoms with Crippen LogP contribution in [0.5, 0.6) is 0 Å². The molecule has 0 amide bonds. The maximum absolute atomic E-state index is 5.99. The first kappa shape index (κ1) is 18.0. The summed E-state index contributed by atoms with van der Waals surface area (Å²) in [5.74, 6) is 0.676. The Morgan fingerprint density at radius 3 is 2.35 bits per heavy atom. The minimum Gasteiger partial charge on any atom is -0.293 e. The number of hydrogen-bond donors (Lipinski definition) is 0. The third kappa shape index (κ3) is 4.22. The molecule has 0 aliphatic carbocycles. The van der Waals surface area contributed by atoms with Crippen molar-refractivity contribution in [2.24, 2.45) is 0 Å². The summed E-state index contributed by atoms with van der Waals surface area (Å²) in [6.07, 6.45) is 3.28. The Balaban J connectivity index is 3.00. The minimum absolute atomic E-state index is 0.589. The molecule has 1 aromatic rings. The van der Waals surface area contributed by atoms with Crippen LogP contribution in [0.25, 0.3) is 0 Å². The van der Waals surface area contributed by atoms with E-state index < -0.39 is 0 Å². The van der Waals surface area contributed by atoms with Crippen molar-refractivity contribution < 1.29 is 0 Å². The SMILES string of the molecule is CCc1nn(CC)c(CN(CCCl)C(CC)CC)c1Br. The van der Waals surface area contributed by atoms with Crippen LogP contribution < -0.4 is 0 Å². The van der Waals surface area contributed by atoms with Gasteiger partial charge in [-0.25, -0.2) is 0 Å². The van der Waals surface area contributed by atoms with Crippen molar-refractivity contribution in [3.8, 4) is 0 Å². The topological polar surface area (TPSA) is 21.1 Å². The van der Waals surface area contributed by atoms with Gasteiger partial charge >= 0.3 is 0 Å². The van der Waals surface area contributed by atoms with Crippen molar-refractivity contribution in [2.75, 3.05) is 12.4 Å². The molecule has 5 heteroatoms. The van der Waals surface area contributed by atoms with E-state index in [4.69, 9.17) is 11.6 Å². The Morgan fingerprint density at radius 2 is 1.90 bits per heavy atom. The van der Waals surface area contributed by atoms with Gasteiger partial charge < -0.3 is 0 Å². The number of rotatable bonds is 9. The van der Waals surface area contributed by atoms with E-state index in [0.29, 0.717) is 11.9 Å². The van der Waals surface area contributed by atoms with Crippen LogP contribution in [0.3, 0.4) is 0 Å². The first-order valence-electron chi connectivity index (χ1n) is 7.66. The summed E-state index contributed by atoms with van der Waals surface area (Å²) < 4.78 is 3.29. The standard InChI is InChI=1S/C15H27BrClN3/c1-5-12(6-2)19(10-9-17)11-14-15(16)13(7-3)18-20(14)8-4/h12H,5-11H2,1-4H3. The van der Waals surface area contributed by atoms with Crippen molar-refractivity contribution in [1.82, 2.24) is 14.7 Å². The van der Waals surface area contributed by atoms with Gasteiger partial charge in [0.15, 0.2) is 0 Å². The van der Waals surface area contributed by atoms with Gasteiger partial charge in [-0.2, -0.15) is 5.10 Å². The van der Waals surface area contributed by atoms with E-state index in [-0.39, 0.29) is 0 Å². The highest BCUT2D eigenvalue weighted by Crippen LogP contribution is 2.25. The van der Waals surface area contributed by atoms with Crippen LogP contribution in [0.4, 0.5) is 0 Å². The van der Waals surface area contributed by atoms with E-state index in [2.05, 4.69) is 58.3 Å². The summed E-state index contributed by atoms with van der Waals surface area (Å²) in [6, 6.07) is 0.589. The van der Waals surface area contributed by atoms with Gasteiger partial charge in [-0.3, -0.25) is 9.58 Å². The fraction of sp³-hybridized carbons (Fsp3) is 0.800. The fourth-order valence-electron chi connectivity index (χ4n) is 2.67. The van der Waals surface area contributed by atoms with E-state index in [9.17, 15) is 0 Å². The zero-order chi connectivity index (χ0) is 15.1. The second-order valence-electron chi connectivity index (χ2n) is 5.01. The molecule has 0 aliphatic rings. The van der Waals surface area contributed by atoms with Crippen LogP contribution in [0.2, 0.25) is 0 Å². The molecule has 0 fully saturated rings. The Morgan fingerprint density at radius 1 is 1.25 bits per heavy atom. The Hall–Kier alpha value is -0.0600. The van der Waals surface area contributed by atoms with E-state index in [1.807, 2.05) is 0 Å². The van der Waals surface area contributed by atoms with E-state index in [0.717, 1.165) is 44.6 Å². The minimum atomic E-state index is 0.589. The van der Waals surface area contributed by atoms with Crippen molar-refractivity contribution in [3.05, 3.63) is 15.9 Å². The van der Waals surface area contributed by atoms with Crippen molar-refractivity contribution >= 4 is 27.5 Å². The van der Waals surface area contributed by atoms with Crippen LogP contribution >= 0.6 is 27.5 Å². The maximum atomic E-state index is 5.99. The molecular formula is C15H27BrClN3. The maximum Gasteiger partial charge on any atom is 0.0767 e. The molecule has 0 saturated carbocycles. The predicted molar refractivity (Wildman–Crippen MR) is 90.5 cm³/mol. The molecule has 0 unspecified atom stereocenters. The molecule has 0 saturated heterocycles. The number of alkyl halides is 1. The highest BCUT2D eigenvalue weighted by atomic mass is 79.9. The molecule has 1 rings (SSSR count). The van der Waals surface area contributed by atoms with Gasteiger partial charge in [0.1, 0.15) is 0 Å². The Bertz CT molecular complexity index is 402. The lowest BCUT2D eigenvalue weighted by molar-refractivity contribution is 0.182. The highest BCUT2D eigenvalue weighted by molar-refractivity contribution is 9.10. The lowest BCUT2D eigenvalue weighted by Gasteiger charge is -2.30. The summed E-state index contributed by atoms with van der Waals surface area (Å²) in [5.41, 5.74) is 2.43. The Labute approximate surface area is 136 Å². The number of hydrogen-bond acceptors (Lipinski definition) is 2. The zero-order valence-corrected chi connectivity index (χ0v) is 15.5. The molecule has 116 valence electrons. The van der Waals surface area contributed by atoms with E-state index in [1.165, 1.54) is 10.2 Å². The van der Waals surface area contributed by atoms with Gasteiger partial charge in [0.05, 0.1) is 15.9 Å². The summed E-state index contributed by atoms with van der Waals surface area (Å²) >= 11 is 9.72. The van der Waals surface area contributed by atoms with Crippen LogP contribution in [0, 0.1) is 0 Å². The second kappa shape index (κ2) is 9.06. The molecule has 0 aliphatic heterocycles. The molecule has 0 spiro atoms. The Kier molecular flexibility index (Phi) is 8.15. The summed E-state index contributed by atoms with van der Waals surface area (Å²) in [5, 5.41) is 4.68. The van der Waals surface area contributed by atoms with Gasteiger partial charge in [-0.1, -0.05) is 20.8 Å². The number of aryl methyl sites for hydroxylation is 2. The van der Waals surface area contributed by atoms with Crippen molar-refractivity contribution in [1.29, 1.82) is 0 Å². The lowest BCUT2D eigenvalue weighted by Crippen LogP contribution is -2.36. The van der Waals surface area contributed by atoms with Crippen LogP contribution in [0.15, 0.2) is 4.47 Å². The summed E-state index contributed by atoms with van der Waals surface area (Å²) in [6.45, 7) is 11.5. The molecule has 0 bridgehead atoms. The molecule has 20 heavy (non-hydrogen) atoms. The first-order chi connectivity index (χ1) is 9.62. The van der Waals surface area contributed by atoms with E-state index >= 15 is 0 Å². The predicted octanol–water partition coefficient (Wildman–Crippen LogP) is 4.46. The molecule has 0 atom stereocenters. The smallest absolute Gasteiger partial charge is 0.0767 e. The normalized spacial score (nSPS) is 11.8. The fourth-order valence-corrected chi connectivity index (χ4v) is 3.57. The van der Waals surface area contributed by atoms with E-state index in [1.54, 1.807) is 0 Å². The molecule has 1 aromatic heterocycles. The number of aromatic nitrogens is 2. The molecule has 0 aromatic carbocycles. The quantitative estimate of drug-likeness (QED) is 0.603. The van der Waals surface area contributed by atoms with Crippen LogP contribution in [-0.4, -0.2) is 33.1 Å². The molecular weight excluding hydrogens is 338 g/mol. The lowest BCUT2D eigenvalue weighted by atomic mass is 10.1. The molecule has 0 N–H and O–H groups in total. The van der Waals surface area contributed by atoms with Crippen molar-refractivity contribution in [2.45, 2.75) is 66.1 Å². The van der Waals surface area contributed by atoms with Gasteiger partial charge in [0.25, 0.3) is 0 Å². The molecule has 3 nitrogen and oxygen atoms in total. The highest BCUT2D eigenvalue weighted by Gasteiger charge is 2.20. The average Bonchev–Trinajstić information content (AvgIpc) is 2.76. The monoisotopic (exact) mass is 363 g/mol. The molecule has 1 heterocycles. The van der Waals surface area contributed by atoms with Gasteiger partial charge in [0, 0.05) is 31.6 Å². The first-order valence-corrected chi connectivity index (χ1v) is 8.99. The van der Waals surface area contributed by atoms with Crippen molar-refractivity contribution in [3.63, 3.8) is 0 Å². The largest absolute Gasteiger partial charge is 0.293 e. The number of nitrogens with zero attached hydrogens (tertiary/aromatic N) is 3. The average molecular weight is 365 g/mol. The number of halogens is 2. The third-order valence-electron chi connectivity index (χ3n) is 3.88. The third-order valence-corrected chi connectivity index (χ3v) is 4.96. The van der Waals surface area contributed by atoms with Crippen LogP contribution in [0.1, 0.15) is 51.9 Å². The summed E-state index contributed by atoms with van der Waals surface area (Å²) in [4.78, 5) is 2.49. The van der Waals surface area contributed by atoms with Gasteiger partial charge in [-0.15, -0.1) is 11.6 Å². The zero-order valence-electron chi connectivity index (χ0n) is 13.1. The molecule has 0 radical (unpaired) electrons.